The molecule has 0 aliphatic carbocycles. The van der Waals surface area contributed by atoms with Crippen molar-refractivity contribution in [2.75, 3.05) is 13.2 Å². The van der Waals surface area contributed by atoms with E-state index in [2.05, 4.69) is 106 Å². The van der Waals surface area contributed by atoms with Gasteiger partial charge in [-0.05, 0) is 103 Å². The molecule has 6 unspecified atom stereocenters. The Morgan fingerprint density at radius 3 is 1.42 bits per heavy atom. The van der Waals surface area contributed by atoms with E-state index in [1.54, 1.807) is 0 Å². The molecule has 0 spiro atoms. The summed E-state index contributed by atoms with van der Waals surface area (Å²) in [7, 11) is 0. The van der Waals surface area contributed by atoms with Crippen molar-refractivity contribution in [2.24, 2.45) is 0 Å². The second-order valence-corrected chi connectivity index (χ2v) is 18.8. The van der Waals surface area contributed by atoms with Gasteiger partial charge in [0.1, 0.15) is 18.8 Å². The Morgan fingerprint density at radius 2 is 0.904 bits per heavy atom. The van der Waals surface area contributed by atoms with Crippen LogP contribution in [0.1, 0.15) is 213 Å². The Balaban J connectivity index is 2.72. The number of carboxylic acid groups (broad SMARTS) is 1. The van der Waals surface area contributed by atoms with Crippen molar-refractivity contribution >= 4 is 23.9 Å². The first kappa shape index (κ1) is 66.7. The molecule has 1 heterocycles. The lowest BCUT2D eigenvalue weighted by Gasteiger charge is -2.40. The third-order valence-electron chi connectivity index (χ3n) is 12.1. The van der Waals surface area contributed by atoms with Crippen LogP contribution in [0.15, 0.2) is 97.2 Å². The van der Waals surface area contributed by atoms with Crippen molar-refractivity contribution in [3.05, 3.63) is 97.2 Å². The number of hydrogen-bond donors (Lipinski definition) is 3. The summed E-state index contributed by atoms with van der Waals surface area (Å²) in [5.41, 5.74) is 0. The number of rotatable bonds is 46. The monoisotopic (exact) mass is 1020 g/mol. The van der Waals surface area contributed by atoms with E-state index in [4.69, 9.17) is 23.7 Å². The van der Waals surface area contributed by atoms with Crippen LogP contribution in [0.5, 0.6) is 0 Å². The molecule has 12 nitrogen and oxygen atoms in total. The predicted molar refractivity (Wildman–Crippen MR) is 294 cm³/mol. The van der Waals surface area contributed by atoms with E-state index < -0.39 is 67.3 Å². The first-order valence-corrected chi connectivity index (χ1v) is 28.2. The van der Waals surface area contributed by atoms with Gasteiger partial charge < -0.3 is 39.0 Å². The third kappa shape index (κ3) is 38.8. The zero-order valence-electron chi connectivity index (χ0n) is 45.3. The van der Waals surface area contributed by atoms with Crippen LogP contribution in [0.3, 0.4) is 0 Å². The van der Waals surface area contributed by atoms with Gasteiger partial charge in [0, 0.05) is 19.3 Å². The standard InChI is InChI=1S/C61H98O12/c1-4-7-10-13-16-19-22-24-25-26-27-28-29-31-34-37-40-43-46-49-55(64)72-59-57(66)56(65)58(60(67)68)73-61(59)70-51-52(71-54(63)48-45-42-39-36-32-21-18-15-12-9-6-3)50-69-53(62)47-44-41-38-35-33-30-23-20-17-14-11-8-5-2/h8,11,15-20,24-25,27-28,30,33,38,41,52,56-59,61,65-66H,4-7,9-10,12-14,21-23,26,29,31-32,34-37,39-40,42-51H2,1-3H3,(H,67,68)/b11-8-,18-15-,19-16-,20-17-,25-24-,28-27-,33-30-,41-38-. The second kappa shape index (κ2) is 48.6. The van der Waals surface area contributed by atoms with Gasteiger partial charge in [0.2, 0.25) is 0 Å². The quantitative estimate of drug-likeness (QED) is 0.0228. The summed E-state index contributed by atoms with van der Waals surface area (Å²) in [6.07, 6.45) is 51.2. The van der Waals surface area contributed by atoms with E-state index >= 15 is 0 Å². The van der Waals surface area contributed by atoms with E-state index in [-0.39, 0.29) is 25.9 Å². The van der Waals surface area contributed by atoms with Gasteiger partial charge in [-0.15, -0.1) is 0 Å². The fourth-order valence-electron chi connectivity index (χ4n) is 7.78. The molecule has 414 valence electrons. The number of aliphatic carboxylic acids is 1. The van der Waals surface area contributed by atoms with E-state index in [9.17, 15) is 34.5 Å². The highest BCUT2D eigenvalue weighted by molar-refractivity contribution is 5.74. The molecule has 0 bridgehead atoms. The number of aliphatic hydroxyl groups is 2. The SMILES string of the molecule is CC/C=C\C/C=C\C/C=C\C/C=C\CCC(=O)OCC(COC1OC(C(=O)O)C(O)C(O)C1OC(=O)CCCCCCCC/C=C\C/C=C\C/C=C\CCCCC)OC(=O)CCCCCCC/C=C\CCCC. The molecule has 0 aromatic carbocycles. The van der Waals surface area contributed by atoms with Crippen LogP contribution in [0.4, 0.5) is 0 Å². The van der Waals surface area contributed by atoms with Gasteiger partial charge >= 0.3 is 23.9 Å². The normalized spacial score (nSPS) is 19.1. The van der Waals surface area contributed by atoms with Crippen LogP contribution in [0.2, 0.25) is 0 Å². The number of carbonyl (C=O) groups is 4. The predicted octanol–water partition coefficient (Wildman–Crippen LogP) is 14.1. The van der Waals surface area contributed by atoms with Gasteiger partial charge in [-0.2, -0.15) is 0 Å². The summed E-state index contributed by atoms with van der Waals surface area (Å²) in [6.45, 7) is 5.71. The minimum atomic E-state index is -1.92. The Hall–Kier alpha value is -4.36. The Morgan fingerprint density at radius 1 is 0.466 bits per heavy atom. The molecule has 12 heteroatoms. The maximum atomic E-state index is 13.1. The van der Waals surface area contributed by atoms with Gasteiger partial charge in [-0.3, -0.25) is 14.4 Å². The molecule has 0 aromatic heterocycles. The number of unbranched alkanes of at least 4 members (excludes halogenated alkanes) is 16. The van der Waals surface area contributed by atoms with E-state index in [0.29, 0.717) is 19.3 Å². The topological polar surface area (TPSA) is 175 Å². The summed E-state index contributed by atoms with van der Waals surface area (Å²) in [4.78, 5) is 50.9. The fraction of sp³-hybridized carbons (Fsp3) is 0.672. The highest BCUT2D eigenvalue weighted by Gasteiger charge is 2.50. The average molecular weight is 1020 g/mol. The number of aliphatic hydroxyl groups excluding tert-OH is 2. The van der Waals surface area contributed by atoms with Crippen LogP contribution >= 0.6 is 0 Å². The lowest BCUT2D eigenvalue weighted by atomic mass is 9.98. The smallest absolute Gasteiger partial charge is 0.335 e. The van der Waals surface area contributed by atoms with Gasteiger partial charge in [-0.1, -0.05) is 189 Å². The molecule has 6 atom stereocenters. The van der Waals surface area contributed by atoms with Gasteiger partial charge in [0.05, 0.1) is 6.61 Å². The first-order chi connectivity index (χ1) is 35.6. The highest BCUT2D eigenvalue weighted by atomic mass is 16.7. The van der Waals surface area contributed by atoms with Crippen LogP contribution in [-0.4, -0.2) is 89.2 Å². The number of esters is 3. The van der Waals surface area contributed by atoms with Crippen molar-refractivity contribution in [1.82, 2.24) is 0 Å². The lowest BCUT2D eigenvalue weighted by molar-refractivity contribution is -0.301. The van der Waals surface area contributed by atoms with Crippen molar-refractivity contribution in [3.8, 4) is 0 Å². The molecule has 1 rings (SSSR count). The fourth-order valence-corrected chi connectivity index (χ4v) is 7.78. The number of allylic oxidation sites excluding steroid dienone is 16. The molecule has 73 heavy (non-hydrogen) atoms. The number of carboxylic acids is 1. The third-order valence-corrected chi connectivity index (χ3v) is 12.1. The molecule has 1 aliphatic heterocycles. The van der Waals surface area contributed by atoms with Crippen LogP contribution in [0.25, 0.3) is 0 Å². The van der Waals surface area contributed by atoms with E-state index in [1.165, 1.54) is 32.1 Å². The molecule has 0 amide bonds. The van der Waals surface area contributed by atoms with Gasteiger partial charge in [0.25, 0.3) is 0 Å². The molecule has 0 saturated carbocycles. The highest BCUT2D eigenvalue weighted by Crippen LogP contribution is 2.26. The molecule has 3 N–H and O–H groups in total. The summed E-state index contributed by atoms with van der Waals surface area (Å²) >= 11 is 0. The maximum Gasteiger partial charge on any atom is 0.335 e. The summed E-state index contributed by atoms with van der Waals surface area (Å²) in [5.74, 6) is -3.27. The van der Waals surface area contributed by atoms with E-state index in [0.717, 1.165) is 122 Å². The van der Waals surface area contributed by atoms with Crippen molar-refractivity contribution in [1.29, 1.82) is 0 Å². The van der Waals surface area contributed by atoms with Crippen LogP contribution < -0.4 is 0 Å². The van der Waals surface area contributed by atoms with Crippen molar-refractivity contribution in [3.63, 3.8) is 0 Å². The Kier molecular flexibility index (Phi) is 44.4. The molecule has 0 radical (unpaired) electrons. The summed E-state index contributed by atoms with van der Waals surface area (Å²) in [6, 6.07) is 0. The number of carbonyl (C=O) groups excluding carboxylic acids is 3. The molecular formula is C61H98O12. The summed E-state index contributed by atoms with van der Waals surface area (Å²) in [5, 5.41) is 31.4. The Bertz CT molecular complexity index is 1640. The molecule has 1 saturated heterocycles. The van der Waals surface area contributed by atoms with Crippen molar-refractivity contribution in [2.45, 2.75) is 250 Å². The number of ether oxygens (including phenoxy) is 5. The average Bonchev–Trinajstić information content (AvgIpc) is 3.37. The Labute approximate surface area is 441 Å². The second-order valence-electron chi connectivity index (χ2n) is 18.8. The minimum absolute atomic E-state index is 0.0342. The van der Waals surface area contributed by atoms with Crippen LogP contribution in [-0.2, 0) is 42.9 Å². The van der Waals surface area contributed by atoms with Crippen molar-refractivity contribution < 1.29 is 58.2 Å². The largest absolute Gasteiger partial charge is 0.479 e. The zero-order chi connectivity index (χ0) is 53.3. The molecule has 1 fully saturated rings. The molecule has 1 aliphatic rings. The minimum Gasteiger partial charge on any atom is -0.479 e. The first-order valence-electron chi connectivity index (χ1n) is 28.2. The maximum absolute atomic E-state index is 13.1. The zero-order valence-corrected chi connectivity index (χ0v) is 45.3. The number of hydrogen-bond acceptors (Lipinski definition) is 11. The van der Waals surface area contributed by atoms with Crippen LogP contribution in [0, 0.1) is 0 Å². The van der Waals surface area contributed by atoms with E-state index in [1.807, 2.05) is 12.2 Å². The molecule has 0 aromatic rings. The van der Waals surface area contributed by atoms with Gasteiger partial charge in [0.15, 0.2) is 24.6 Å². The van der Waals surface area contributed by atoms with Gasteiger partial charge in [-0.25, -0.2) is 4.79 Å². The summed E-state index contributed by atoms with van der Waals surface area (Å²) < 4.78 is 28.2. The molecular weight excluding hydrogens is 925 g/mol. The lowest BCUT2D eigenvalue weighted by Crippen LogP contribution is -2.61.